The molecule has 0 aliphatic heterocycles. The van der Waals surface area contributed by atoms with E-state index < -0.39 is 17.8 Å². The van der Waals surface area contributed by atoms with Gasteiger partial charge >= 0.3 is 29.6 Å². The van der Waals surface area contributed by atoms with E-state index in [-0.39, 0.29) is 35.5 Å². The van der Waals surface area contributed by atoms with E-state index >= 15 is 0 Å². The molecule has 5 nitrogen and oxygen atoms in total. The largest absolute Gasteiger partial charge is 1.00 e. The predicted octanol–water partition coefficient (Wildman–Crippen LogP) is -2.17. The molecule has 3 rings (SSSR count). The van der Waals surface area contributed by atoms with E-state index in [0.717, 1.165) is 16.5 Å². The van der Waals surface area contributed by atoms with Gasteiger partial charge in [-0.05, 0) is 36.6 Å². The van der Waals surface area contributed by atoms with E-state index in [1.165, 1.54) is 0 Å². The molecule has 1 aromatic heterocycles. The molecule has 1 saturated carbocycles. The van der Waals surface area contributed by atoms with Gasteiger partial charge in [0.25, 0.3) is 0 Å². The van der Waals surface area contributed by atoms with Gasteiger partial charge in [-0.25, -0.2) is 0 Å². The fraction of sp³-hybridized carbons (Fsp3) is 0.333. The topological polar surface area (TPSA) is 82.4 Å². The van der Waals surface area contributed by atoms with Crippen LogP contribution in [0, 0.1) is 11.8 Å². The van der Waals surface area contributed by atoms with Crippen LogP contribution in [0.3, 0.4) is 0 Å². The Kier molecular flexibility index (Phi) is 5.08. The molecule has 0 saturated heterocycles. The van der Waals surface area contributed by atoms with Crippen molar-refractivity contribution in [3.05, 3.63) is 36.1 Å². The second-order valence-corrected chi connectivity index (χ2v) is 5.12. The van der Waals surface area contributed by atoms with Gasteiger partial charge in [0, 0.05) is 29.7 Å². The maximum Gasteiger partial charge on any atom is 1.00 e. The standard InChI is InChI=1S/C15H15NO4.Na/c17-14(11-2-3-12(11)15(18)19)16-8-9-1-4-13-10(7-9)5-6-20-13;/h1,4-7,11-12H,2-3,8H2,(H,16,17)(H,18,19);/q;+1/p-1/t11-,12+;/m1./s1. The molecule has 21 heavy (non-hydrogen) atoms. The van der Waals surface area contributed by atoms with Gasteiger partial charge in [-0.3, -0.25) is 4.79 Å². The van der Waals surface area contributed by atoms with Crippen LogP contribution in [0.15, 0.2) is 34.9 Å². The third-order valence-corrected chi connectivity index (χ3v) is 3.90. The number of rotatable bonds is 4. The smallest absolute Gasteiger partial charge is 0.550 e. The molecule has 2 atom stereocenters. The second kappa shape index (κ2) is 6.64. The molecule has 1 aliphatic carbocycles. The molecule has 1 amide bonds. The molecule has 1 N–H and O–H groups in total. The quantitative estimate of drug-likeness (QED) is 0.651. The predicted molar refractivity (Wildman–Crippen MR) is 69.3 cm³/mol. The Balaban J connectivity index is 0.00000161. The monoisotopic (exact) mass is 295 g/mol. The molecule has 1 fully saturated rings. The fourth-order valence-corrected chi connectivity index (χ4v) is 2.54. The zero-order valence-electron chi connectivity index (χ0n) is 11.8. The van der Waals surface area contributed by atoms with Crippen LogP contribution in [-0.4, -0.2) is 11.9 Å². The Hall–Kier alpha value is -1.30. The SMILES string of the molecule is O=C([O-])[C@H]1CC[C@H]1C(=O)NCc1ccc2occc2c1.[Na+]. The Labute approximate surface area is 144 Å². The number of carbonyl (C=O) groups is 2. The number of hydrogen-bond acceptors (Lipinski definition) is 4. The van der Waals surface area contributed by atoms with Gasteiger partial charge in [0.1, 0.15) is 5.58 Å². The van der Waals surface area contributed by atoms with Crippen LogP contribution in [0.5, 0.6) is 0 Å². The maximum atomic E-state index is 11.9. The van der Waals surface area contributed by atoms with Crippen molar-refractivity contribution in [2.24, 2.45) is 11.8 Å². The summed E-state index contributed by atoms with van der Waals surface area (Å²) in [4.78, 5) is 22.7. The van der Waals surface area contributed by atoms with Crippen molar-refractivity contribution in [1.29, 1.82) is 0 Å². The molecular formula is C15H14NNaO4. The van der Waals surface area contributed by atoms with Crippen molar-refractivity contribution in [3.63, 3.8) is 0 Å². The number of benzene rings is 1. The van der Waals surface area contributed by atoms with Gasteiger partial charge in [-0.2, -0.15) is 0 Å². The average molecular weight is 295 g/mol. The van der Waals surface area contributed by atoms with E-state index in [9.17, 15) is 14.7 Å². The first kappa shape index (κ1) is 16.1. The van der Waals surface area contributed by atoms with Crippen LogP contribution in [0.25, 0.3) is 11.0 Å². The van der Waals surface area contributed by atoms with Crippen molar-refractivity contribution in [1.82, 2.24) is 5.32 Å². The van der Waals surface area contributed by atoms with Crippen molar-refractivity contribution < 1.29 is 48.7 Å². The first-order valence-corrected chi connectivity index (χ1v) is 6.60. The Morgan fingerprint density at radius 3 is 2.67 bits per heavy atom. The summed E-state index contributed by atoms with van der Waals surface area (Å²) >= 11 is 0. The molecule has 6 heteroatoms. The van der Waals surface area contributed by atoms with Gasteiger partial charge in [-0.1, -0.05) is 6.07 Å². The van der Waals surface area contributed by atoms with E-state index in [0.29, 0.717) is 19.4 Å². The van der Waals surface area contributed by atoms with Gasteiger partial charge in [-0.15, -0.1) is 0 Å². The summed E-state index contributed by atoms with van der Waals surface area (Å²) in [5, 5.41) is 14.5. The number of hydrogen-bond donors (Lipinski definition) is 1. The number of carboxylic acid groups (broad SMARTS) is 1. The summed E-state index contributed by atoms with van der Waals surface area (Å²) < 4.78 is 5.24. The minimum Gasteiger partial charge on any atom is -0.550 e. The van der Waals surface area contributed by atoms with Crippen LogP contribution in [0.2, 0.25) is 0 Å². The molecule has 104 valence electrons. The Bertz CT molecular complexity index is 666. The molecular weight excluding hydrogens is 281 g/mol. The summed E-state index contributed by atoms with van der Waals surface area (Å²) in [7, 11) is 0. The number of fused-ring (bicyclic) bond motifs is 1. The van der Waals surface area contributed by atoms with Crippen LogP contribution in [0.1, 0.15) is 18.4 Å². The summed E-state index contributed by atoms with van der Waals surface area (Å²) in [5.74, 6) is -2.42. The normalized spacial score (nSPS) is 20.4. The van der Waals surface area contributed by atoms with Crippen molar-refractivity contribution >= 4 is 22.8 Å². The summed E-state index contributed by atoms with van der Waals surface area (Å²) in [5.41, 5.74) is 1.76. The molecule has 2 aromatic rings. The number of amides is 1. The summed E-state index contributed by atoms with van der Waals surface area (Å²) in [6.45, 7) is 0.385. The average Bonchev–Trinajstić information content (AvgIpc) is 2.81. The zero-order valence-corrected chi connectivity index (χ0v) is 13.8. The van der Waals surface area contributed by atoms with Crippen molar-refractivity contribution in [2.45, 2.75) is 19.4 Å². The van der Waals surface area contributed by atoms with E-state index in [2.05, 4.69) is 5.32 Å². The van der Waals surface area contributed by atoms with Crippen LogP contribution < -0.4 is 40.0 Å². The molecule has 1 heterocycles. The minimum atomic E-state index is -1.13. The third kappa shape index (κ3) is 3.31. The third-order valence-electron chi connectivity index (χ3n) is 3.90. The van der Waals surface area contributed by atoms with E-state index in [1.807, 2.05) is 24.3 Å². The van der Waals surface area contributed by atoms with E-state index in [1.54, 1.807) is 6.26 Å². The fourth-order valence-electron chi connectivity index (χ4n) is 2.54. The minimum absolute atomic E-state index is 0. The van der Waals surface area contributed by atoms with Crippen LogP contribution >= 0.6 is 0 Å². The van der Waals surface area contributed by atoms with Gasteiger partial charge in [0.05, 0.1) is 6.26 Å². The summed E-state index contributed by atoms with van der Waals surface area (Å²) in [6, 6.07) is 7.53. The molecule has 0 spiro atoms. The molecule has 1 aliphatic rings. The van der Waals surface area contributed by atoms with Gasteiger partial charge in [0.15, 0.2) is 0 Å². The van der Waals surface area contributed by atoms with Crippen molar-refractivity contribution in [3.8, 4) is 0 Å². The number of carboxylic acids is 1. The van der Waals surface area contributed by atoms with Crippen LogP contribution in [-0.2, 0) is 16.1 Å². The van der Waals surface area contributed by atoms with Gasteiger partial charge < -0.3 is 19.6 Å². The summed E-state index contributed by atoms with van der Waals surface area (Å²) in [6.07, 6.45) is 2.76. The number of aliphatic carboxylic acids is 1. The molecule has 0 radical (unpaired) electrons. The number of nitrogens with one attached hydrogen (secondary N) is 1. The van der Waals surface area contributed by atoms with Crippen LogP contribution in [0.4, 0.5) is 0 Å². The first-order valence-electron chi connectivity index (χ1n) is 6.60. The maximum absolute atomic E-state index is 11.9. The number of carbonyl (C=O) groups excluding carboxylic acids is 2. The Morgan fingerprint density at radius 1 is 1.24 bits per heavy atom. The second-order valence-electron chi connectivity index (χ2n) is 5.12. The van der Waals surface area contributed by atoms with Gasteiger partial charge in [0.2, 0.25) is 5.91 Å². The van der Waals surface area contributed by atoms with E-state index in [4.69, 9.17) is 4.42 Å². The molecule has 0 bridgehead atoms. The Morgan fingerprint density at radius 2 is 2.00 bits per heavy atom. The molecule has 1 aromatic carbocycles. The number of furan rings is 1. The molecule has 0 unspecified atom stereocenters. The first-order chi connectivity index (χ1) is 9.65. The zero-order chi connectivity index (χ0) is 14.1. The van der Waals surface area contributed by atoms with Crippen molar-refractivity contribution in [2.75, 3.05) is 0 Å².